The average molecular weight is 373 g/mol. The molecule has 134 valence electrons. The largest absolute Gasteiger partial charge is 0.465 e. The highest BCUT2D eigenvalue weighted by Crippen LogP contribution is 2.31. The van der Waals surface area contributed by atoms with Crippen LogP contribution >= 0.6 is 0 Å². The number of aryl methyl sites for hydroxylation is 1. The minimum Gasteiger partial charge on any atom is -0.465 e. The van der Waals surface area contributed by atoms with Gasteiger partial charge < -0.3 is 4.74 Å². The van der Waals surface area contributed by atoms with E-state index in [9.17, 15) is 26.4 Å². The maximum absolute atomic E-state index is 12.8. The molecule has 0 aliphatic rings. The number of hydrogen-bond acceptors (Lipinski definition) is 4. The quantitative estimate of drug-likeness (QED) is 0.831. The second-order valence-electron chi connectivity index (χ2n) is 5.15. The molecule has 5 nitrogen and oxygen atoms in total. The number of anilines is 1. The molecule has 0 bridgehead atoms. The maximum Gasteiger partial charge on any atom is 0.416 e. The molecule has 2 rings (SSSR count). The van der Waals surface area contributed by atoms with E-state index >= 15 is 0 Å². The molecule has 9 heteroatoms. The molecule has 0 saturated heterocycles. The Morgan fingerprint density at radius 2 is 1.80 bits per heavy atom. The van der Waals surface area contributed by atoms with Crippen LogP contribution in [-0.2, 0) is 20.9 Å². The van der Waals surface area contributed by atoms with Crippen LogP contribution in [0.3, 0.4) is 0 Å². The Hall–Kier alpha value is -2.55. The number of halogens is 3. The zero-order valence-electron chi connectivity index (χ0n) is 13.2. The lowest BCUT2D eigenvalue weighted by Gasteiger charge is -2.13. The summed E-state index contributed by atoms with van der Waals surface area (Å²) in [5.74, 6) is -0.667. The molecule has 0 radical (unpaired) electrons. The first kappa shape index (κ1) is 18.8. The van der Waals surface area contributed by atoms with E-state index in [-0.39, 0.29) is 11.3 Å². The number of esters is 1. The van der Waals surface area contributed by atoms with Gasteiger partial charge in [-0.05, 0) is 42.8 Å². The number of hydrogen-bond donors (Lipinski definition) is 1. The van der Waals surface area contributed by atoms with Gasteiger partial charge in [0.05, 0.1) is 28.8 Å². The van der Waals surface area contributed by atoms with E-state index in [1.807, 2.05) is 0 Å². The van der Waals surface area contributed by atoms with E-state index in [0.29, 0.717) is 11.6 Å². The SMILES string of the molecule is COC(=O)c1ccc(C)c(NS(=O)(=O)c2cccc(C(F)(F)F)c2)c1. The van der Waals surface area contributed by atoms with E-state index in [1.165, 1.54) is 25.3 Å². The molecule has 0 unspecified atom stereocenters. The molecule has 0 amide bonds. The van der Waals surface area contributed by atoms with E-state index in [2.05, 4.69) is 9.46 Å². The topological polar surface area (TPSA) is 72.5 Å². The molecule has 25 heavy (non-hydrogen) atoms. The van der Waals surface area contributed by atoms with Crippen molar-refractivity contribution < 1.29 is 31.1 Å². The summed E-state index contributed by atoms with van der Waals surface area (Å²) in [6.45, 7) is 1.59. The minimum absolute atomic E-state index is 0.0697. The predicted octanol–water partition coefficient (Wildman–Crippen LogP) is 3.60. The van der Waals surface area contributed by atoms with Crippen LogP contribution in [0.2, 0.25) is 0 Å². The van der Waals surface area contributed by atoms with Crippen LogP contribution in [0.15, 0.2) is 47.4 Å². The molecule has 0 aliphatic heterocycles. The zero-order chi connectivity index (χ0) is 18.8. The number of carbonyl (C=O) groups excluding carboxylic acids is 1. The third-order valence-electron chi connectivity index (χ3n) is 3.37. The molecule has 0 aromatic heterocycles. The van der Waals surface area contributed by atoms with Crippen LogP contribution in [0.25, 0.3) is 0 Å². The van der Waals surface area contributed by atoms with Crippen molar-refractivity contribution in [3.8, 4) is 0 Å². The Kier molecular flexibility index (Phi) is 5.07. The van der Waals surface area contributed by atoms with Gasteiger partial charge in [0.1, 0.15) is 0 Å². The number of benzene rings is 2. The van der Waals surface area contributed by atoms with Crippen LogP contribution in [0, 0.1) is 6.92 Å². The summed E-state index contributed by atoms with van der Waals surface area (Å²) in [7, 11) is -3.09. The molecular formula is C16H14F3NO4S. The van der Waals surface area contributed by atoms with Crippen molar-refractivity contribution in [2.75, 3.05) is 11.8 Å². The van der Waals surface area contributed by atoms with Crippen LogP contribution in [-0.4, -0.2) is 21.5 Å². The van der Waals surface area contributed by atoms with Gasteiger partial charge >= 0.3 is 12.1 Å². The molecule has 0 saturated carbocycles. The van der Waals surface area contributed by atoms with Crippen LogP contribution < -0.4 is 4.72 Å². The lowest BCUT2D eigenvalue weighted by atomic mass is 10.1. The summed E-state index contributed by atoms with van der Waals surface area (Å²) in [6.07, 6.45) is -4.66. The smallest absolute Gasteiger partial charge is 0.416 e. The molecular weight excluding hydrogens is 359 g/mol. The van der Waals surface area contributed by atoms with Gasteiger partial charge in [0.25, 0.3) is 10.0 Å². The fourth-order valence-electron chi connectivity index (χ4n) is 2.02. The molecule has 0 aliphatic carbocycles. The molecule has 2 aromatic carbocycles. The lowest BCUT2D eigenvalue weighted by Crippen LogP contribution is -2.16. The summed E-state index contributed by atoms with van der Waals surface area (Å²) < 4.78 is 69.8. The number of sulfonamides is 1. The van der Waals surface area contributed by atoms with Crippen molar-refractivity contribution >= 4 is 21.7 Å². The lowest BCUT2D eigenvalue weighted by molar-refractivity contribution is -0.137. The Balaban J connectivity index is 2.41. The molecule has 0 fully saturated rings. The Labute approximate surface area is 142 Å². The number of carbonyl (C=O) groups is 1. The fraction of sp³-hybridized carbons (Fsp3) is 0.188. The second-order valence-corrected chi connectivity index (χ2v) is 6.83. The average Bonchev–Trinajstić information content (AvgIpc) is 2.55. The number of nitrogens with one attached hydrogen (secondary N) is 1. The van der Waals surface area contributed by atoms with Crippen molar-refractivity contribution in [1.82, 2.24) is 0 Å². The number of ether oxygens (including phenoxy) is 1. The fourth-order valence-corrected chi connectivity index (χ4v) is 3.19. The molecule has 0 heterocycles. The van der Waals surface area contributed by atoms with Gasteiger partial charge in [-0.3, -0.25) is 4.72 Å². The predicted molar refractivity (Wildman–Crippen MR) is 84.8 cm³/mol. The number of methoxy groups -OCH3 is 1. The first-order valence-electron chi connectivity index (χ1n) is 6.93. The Morgan fingerprint density at radius 1 is 1.12 bits per heavy atom. The number of alkyl halides is 3. The molecule has 1 N–H and O–H groups in total. The third kappa shape index (κ3) is 4.30. The van der Waals surface area contributed by atoms with Crippen molar-refractivity contribution in [3.05, 3.63) is 59.2 Å². The van der Waals surface area contributed by atoms with Gasteiger partial charge in [0, 0.05) is 0 Å². The molecule has 0 atom stereocenters. The van der Waals surface area contributed by atoms with Crippen LogP contribution in [0.4, 0.5) is 18.9 Å². The van der Waals surface area contributed by atoms with Crippen LogP contribution in [0.5, 0.6) is 0 Å². The van der Waals surface area contributed by atoms with Crippen molar-refractivity contribution in [2.45, 2.75) is 18.0 Å². The van der Waals surface area contributed by atoms with Crippen molar-refractivity contribution in [3.63, 3.8) is 0 Å². The summed E-state index contributed by atoms with van der Waals surface area (Å²) >= 11 is 0. The normalized spacial score (nSPS) is 11.9. The highest BCUT2D eigenvalue weighted by Gasteiger charge is 2.31. The summed E-state index contributed by atoms with van der Waals surface area (Å²) in [5, 5.41) is 0. The highest BCUT2D eigenvalue weighted by molar-refractivity contribution is 7.92. The molecule has 0 spiro atoms. The van der Waals surface area contributed by atoms with Gasteiger partial charge in [-0.25, -0.2) is 13.2 Å². The monoisotopic (exact) mass is 373 g/mol. The van der Waals surface area contributed by atoms with E-state index in [1.54, 1.807) is 6.92 Å². The third-order valence-corrected chi connectivity index (χ3v) is 4.74. The van der Waals surface area contributed by atoms with Gasteiger partial charge in [0.15, 0.2) is 0 Å². The van der Waals surface area contributed by atoms with Gasteiger partial charge in [-0.2, -0.15) is 13.2 Å². The molecule has 2 aromatic rings. The highest BCUT2D eigenvalue weighted by atomic mass is 32.2. The number of rotatable bonds is 4. The minimum atomic E-state index is -4.66. The first-order chi connectivity index (χ1) is 11.5. The van der Waals surface area contributed by atoms with Gasteiger partial charge in [-0.15, -0.1) is 0 Å². The van der Waals surface area contributed by atoms with Crippen LogP contribution in [0.1, 0.15) is 21.5 Å². The van der Waals surface area contributed by atoms with E-state index in [4.69, 9.17) is 0 Å². The standard InChI is InChI=1S/C16H14F3NO4S/c1-10-6-7-11(15(21)24-2)8-14(10)20-25(22,23)13-5-3-4-12(9-13)16(17,18)19/h3-9,20H,1-2H3. The Morgan fingerprint density at radius 3 is 2.40 bits per heavy atom. The first-order valence-corrected chi connectivity index (χ1v) is 8.42. The van der Waals surface area contributed by atoms with Crippen molar-refractivity contribution in [1.29, 1.82) is 0 Å². The maximum atomic E-state index is 12.8. The summed E-state index contributed by atoms with van der Waals surface area (Å²) in [6, 6.07) is 7.59. The van der Waals surface area contributed by atoms with Crippen molar-refractivity contribution in [2.24, 2.45) is 0 Å². The van der Waals surface area contributed by atoms with Gasteiger partial charge in [-0.1, -0.05) is 12.1 Å². The second kappa shape index (κ2) is 6.75. The Bertz CT molecular complexity index is 908. The summed E-state index contributed by atoms with van der Waals surface area (Å²) in [4.78, 5) is 11.0. The van der Waals surface area contributed by atoms with E-state index < -0.39 is 32.6 Å². The zero-order valence-corrected chi connectivity index (χ0v) is 14.0. The van der Waals surface area contributed by atoms with Gasteiger partial charge in [0.2, 0.25) is 0 Å². The van der Waals surface area contributed by atoms with E-state index in [0.717, 1.165) is 18.2 Å². The summed E-state index contributed by atoms with van der Waals surface area (Å²) in [5.41, 5.74) is -0.409.